The highest BCUT2D eigenvalue weighted by molar-refractivity contribution is 6.30. The molecule has 1 saturated carbocycles. The molecule has 1 N–H and O–H groups in total. The molecule has 2 aromatic rings. The van der Waals surface area contributed by atoms with Crippen LogP contribution < -0.4 is 15.0 Å². The fourth-order valence-electron chi connectivity index (χ4n) is 6.94. The van der Waals surface area contributed by atoms with Gasteiger partial charge in [0, 0.05) is 42.3 Å². The Morgan fingerprint density at radius 3 is 2.27 bits per heavy atom. The number of carbonyl (C=O) groups excluding carboxylic acids is 4. The van der Waals surface area contributed by atoms with Gasteiger partial charge in [-0.1, -0.05) is 23.7 Å². The molecule has 0 aromatic heterocycles. The van der Waals surface area contributed by atoms with E-state index in [1.54, 1.807) is 62.1 Å². The summed E-state index contributed by atoms with van der Waals surface area (Å²) in [6.07, 6.45) is -4.98. The number of hydrogen-bond acceptors (Lipinski definition) is 5. The molecule has 4 amide bonds. The number of anilines is 1. The number of halogens is 6. The van der Waals surface area contributed by atoms with E-state index in [-0.39, 0.29) is 55.7 Å². The van der Waals surface area contributed by atoms with Crippen LogP contribution >= 0.6 is 11.6 Å². The van der Waals surface area contributed by atoms with Crippen molar-refractivity contribution >= 4 is 40.9 Å². The van der Waals surface area contributed by atoms with Crippen LogP contribution in [0.25, 0.3) is 0 Å². The van der Waals surface area contributed by atoms with Crippen molar-refractivity contribution in [2.45, 2.75) is 103 Å². The normalized spacial score (nSPS) is 18.6. The van der Waals surface area contributed by atoms with Gasteiger partial charge in [0.25, 0.3) is 17.7 Å². The molecule has 286 valence electrons. The Labute approximate surface area is 305 Å². The smallest absolute Gasteiger partial charge is 0.406 e. The lowest BCUT2D eigenvalue weighted by atomic mass is 9.82. The maximum absolute atomic E-state index is 14.2. The van der Waals surface area contributed by atoms with Crippen LogP contribution in [-0.2, 0) is 20.8 Å². The van der Waals surface area contributed by atoms with Crippen LogP contribution in [0.4, 0.5) is 27.6 Å². The lowest BCUT2D eigenvalue weighted by Gasteiger charge is -2.41. The molecule has 0 radical (unpaired) electrons. The number of hydrogen-bond donors (Lipinski definition) is 1. The minimum atomic E-state index is -4.54. The summed E-state index contributed by atoms with van der Waals surface area (Å²) < 4.78 is 71.8. The van der Waals surface area contributed by atoms with E-state index in [1.165, 1.54) is 4.90 Å². The van der Waals surface area contributed by atoms with Crippen molar-refractivity contribution in [1.82, 2.24) is 15.1 Å². The number of benzene rings is 2. The fraction of sp³-hybridized carbons (Fsp3) is 0.568. The highest BCUT2D eigenvalue weighted by Crippen LogP contribution is 2.41. The van der Waals surface area contributed by atoms with Crippen molar-refractivity contribution in [3.63, 3.8) is 0 Å². The first-order valence-corrected chi connectivity index (χ1v) is 17.8. The SMILES string of the molecule is Cc1cc2c(cc1C(=O)N(C(C)C)C1CCC(CCN(CC(F)(F)F)C(=O)Cc3ccc(Cl)cc3)CC1)N(CCNC(=O)C(F)F)C(=O)C(C)(C)O2. The molecule has 9 nitrogen and oxygen atoms in total. The Morgan fingerprint density at radius 1 is 1.06 bits per heavy atom. The zero-order valence-electron chi connectivity index (χ0n) is 30.0. The van der Waals surface area contributed by atoms with Gasteiger partial charge in [-0.3, -0.25) is 19.2 Å². The minimum Gasteiger partial charge on any atom is -0.476 e. The molecule has 1 aliphatic heterocycles. The van der Waals surface area contributed by atoms with E-state index in [9.17, 15) is 41.1 Å². The summed E-state index contributed by atoms with van der Waals surface area (Å²) in [5.41, 5.74) is 0.504. The second-order valence-corrected chi connectivity index (χ2v) is 14.7. The fourth-order valence-corrected chi connectivity index (χ4v) is 7.07. The Morgan fingerprint density at radius 2 is 1.69 bits per heavy atom. The van der Waals surface area contributed by atoms with Crippen LogP contribution in [0.1, 0.15) is 81.3 Å². The van der Waals surface area contributed by atoms with Gasteiger partial charge in [0.1, 0.15) is 12.3 Å². The third-order valence-corrected chi connectivity index (χ3v) is 9.84. The second-order valence-electron chi connectivity index (χ2n) is 14.3. The molecule has 0 spiro atoms. The van der Waals surface area contributed by atoms with Crippen molar-refractivity contribution in [3.8, 4) is 5.75 Å². The molecule has 0 bridgehead atoms. The number of rotatable bonds is 13. The predicted molar refractivity (Wildman–Crippen MR) is 187 cm³/mol. The van der Waals surface area contributed by atoms with E-state index in [4.69, 9.17) is 16.3 Å². The van der Waals surface area contributed by atoms with Gasteiger partial charge in [-0.15, -0.1) is 0 Å². The van der Waals surface area contributed by atoms with Gasteiger partial charge in [0.2, 0.25) is 5.91 Å². The summed E-state index contributed by atoms with van der Waals surface area (Å²) >= 11 is 5.90. The van der Waals surface area contributed by atoms with Crippen LogP contribution in [-0.4, -0.2) is 89.9 Å². The van der Waals surface area contributed by atoms with Crippen molar-refractivity contribution in [2.75, 3.05) is 31.1 Å². The van der Waals surface area contributed by atoms with Crippen molar-refractivity contribution in [2.24, 2.45) is 5.92 Å². The van der Waals surface area contributed by atoms with Gasteiger partial charge >= 0.3 is 12.6 Å². The van der Waals surface area contributed by atoms with E-state index in [0.29, 0.717) is 59.6 Å². The van der Waals surface area contributed by atoms with Gasteiger partial charge < -0.3 is 24.8 Å². The van der Waals surface area contributed by atoms with E-state index >= 15 is 0 Å². The number of fused-ring (bicyclic) bond motifs is 1. The summed E-state index contributed by atoms with van der Waals surface area (Å²) in [4.78, 5) is 56.0. The van der Waals surface area contributed by atoms with Gasteiger partial charge in [0.05, 0.1) is 12.1 Å². The summed E-state index contributed by atoms with van der Waals surface area (Å²) in [6, 6.07) is 9.26. The zero-order valence-corrected chi connectivity index (χ0v) is 30.8. The van der Waals surface area contributed by atoms with E-state index < -0.39 is 42.5 Å². The summed E-state index contributed by atoms with van der Waals surface area (Å²) in [6.45, 7) is 6.94. The van der Waals surface area contributed by atoms with Crippen LogP contribution in [0, 0.1) is 12.8 Å². The zero-order chi connectivity index (χ0) is 38.5. The minimum absolute atomic E-state index is 0.0394. The topological polar surface area (TPSA) is 99.3 Å². The monoisotopic (exact) mass is 756 g/mol. The molecule has 1 aliphatic carbocycles. The first-order valence-electron chi connectivity index (χ1n) is 17.4. The first-order chi connectivity index (χ1) is 24.3. The third-order valence-electron chi connectivity index (χ3n) is 9.58. The lowest BCUT2D eigenvalue weighted by Crippen LogP contribution is -2.54. The average Bonchev–Trinajstić information content (AvgIpc) is 3.05. The molecule has 4 rings (SSSR count). The molecule has 0 saturated heterocycles. The van der Waals surface area contributed by atoms with E-state index in [1.807, 2.05) is 13.8 Å². The van der Waals surface area contributed by atoms with Crippen molar-refractivity contribution < 1.29 is 45.9 Å². The molecule has 2 aliphatic rings. The molecular formula is C37H46ClF5N4O5. The number of nitrogens with one attached hydrogen (secondary N) is 1. The van der Waals surface area contributed by atoms with E-state index in [2.05, 4.69) is 5.32 Å². The number of ether oxygens (including phenoxy) is 1. The second kappa shape index (κ2) is 16.8. The highest BCUT2D eigenvalue weighted by Gasteiger charge is 2.42. The largest absolute Gasteiger partial charge is 0.476 e. The Bertz CT molecular complexity index is 1610. The molecule has 2 aromatic carbocycles. The average molecular weight is 757 g/mol. The molecule has 0 atom stereocenters. The molecular weight excluding hydrogens is 711 g/mol. The Kier molecular flexibility index (Phi) is 13.2. The maximum Gasteiger partial charge on any atom is 0.406 e. The predicted octanol–water partition coefficient (Wildman–Crippen LogP) is 6.97. The van der Waals surface area contributed by atoms with Crippen LogP contribution in [0.5, 0.6) is 5.75 Å². The van der Waals surface area contributed by atoms with Gasteiger partial charge in [-0.05, 0) is 108 Å². The summed E-state index contributed by atoms with van der Waals surface area (Å²) in [7, 11) is 0. The van der Waals surface area contributed by atoms with Crippen molar-refractivity contribution in [1.29, 1.82) is 0 Å². The van der Waals surface area contributed by atoms with Gasteiger partial charge in [-0.2, -0.15) is 22.0 Å². The Balaban J connectivity index is 1.45. The van der Waals surface area contributed by atoms with E-state index in [0.717, 1.165) is 4.90 Å². The molecule has 15 heteroatoms. The van der Waals surface area contributed by atoms with Crippen LogP contribution in [0.2, 0.25) is 5.02 Å². The molecule has 0 unspecified atom stereocenters. The number of aryl methyl sites for hydroxylation is 1. The van der Waals surface area contributed by atoms with Crippen molar-refractivity contribution in [3.05, 3.63) is 58.1 Å². The molecule has 1 heterocycles. The van der Waals surface area contributed by atoms with Gasteiger partial charge in [-0.25, -0.2) is 0 Å². The number of alkyl halides is 5. The number of amides is 4. The summed E-state index contributed by atoms with van der Waals surface area (Å²) in [5.74, 6) is -2.41. The van der Waals surface area contributed by atoms with Crippen LogP contribution in [0.3, 0.4) is 0 Å². The van der Waals surface area contributed by atoms with Crippen LogP contribution in [0.15, 0.2) is 36.4 Å². The maximum atomic E-state index is 14.2. The lowest BCUT2D eigenvalue weighted by molar-refractivity contribution is -0.161. The molecule has 52 heavy (non-hydrogen) atoms. The highest BCUT2D eigenvalue weighted by atomic mass is 35.5. The van der Waals surface area contributed by atoms with Gasteiger partial charge in [0.15, 0.2) is 5.60 Å². The number of carbonyl (C=O) groups is 4. The number of nitrogens with zero attached hydrogens (tertiary/aromatic N) is 3. The Hall–Kier alpha value is -3.94. The third kappa shape index (κ3) is 10.3. The quantitative estimate of drug-likeness (QED) is 0.223. The molecule has 1 fully saturated rings. The summed E-state index contributed by atoms with van der Waals surface area (Å²) in [5, 5.41) is 2.57. The first kappa shape index (κ1) is 40.8. The standard InChI is InChI=1S/C37H46ClF5N4O5/c1-22(2)47(27-12-8-24(9-13-27)14-16-45(21-37(41,42)43)31(48)19-25-6-10-26(38)11-7-25)34(50)28-20-29-30(18-23(28)3)52-36(4,5)35(51)46(29)17-15-44-33(49)32(39)40/h6-7,10-11,18,20,22,24,27,32H,8-9,12-17,19,21H2,1-5H3,(H,44,49).